The van der Waals surface area contributed by atoms with Crippen LogP contribution in [0.1, 0.15) is 43.0 Å². The number of benzene rings is 2. The highest BCUT2D eigenvalue weighted by Crippen LogP contribution is 2.32. The lowest BCUT2D eigenvalue weighted by Crippen LogP contribution is -2.33. The van der Waals surface area contributed by atoms with Gasteiger partial charge in [0.25, 0.3) is 0 Å². The number of nitrogens with one attached hydrogen (secondary N) is 2. The predicted molar refractivity (Wildman–Crippen MR) is 104 cm³/mol. The number of aromatic amines is 1. The van der Waals surface area contributed by atoms with Crippen molar-refractivity contribution in [1.29, 1.82) is 0 Å². The van der Waals surface area contributed by atoms with Gasteiger partial charge in [-0.15, -0.1) is 0 Å². The minimum atomic E-state index is -0.240. The molecule has 0 saturated heterocycles. The monoisotopic (exact) mass is 391 g/mol. The molecule has 1 fully saturated rings. The summed E-state index contributed by atoms with van der Waals surface area (Å²) >= 11 is 12.1. The summed E-state index contributed by atoms with van der Waals surface area (Å²) in [5.41, 5.74) is 2.68. The van der Waals surface area contributed by atoms with E-state index in [9.17, 15) is 4.39 Å². The number of hydrogen-bond acceptors (Lipinski definition) is 2. The smallest absolute Gasteiger partial charge is 0.125 e. The SMILES string of the molecule is Fc1ccc2nc(C3CCCC(NCc4cc(Cl)cc(Cl)c4)C3)[nH]c2c1. The number of fused-ring (bicyclic) bond motifs is 1. The topological polar surface area (TPSA) is 40.7 Å². The van der Waals surface area contributed by atoms with Crippen molar-refractivity contribution in [3.63, 3.8) is 0 Å². The molecule has 2 atom stereocenters. The van der Waals surface area contributed by atoms with E-state index in [1.54, 1.807) is 12.1 Å². The zero-order chi connectivity index (χ0) is 18.1. The van der Waals surface area contributed by atoms with E-state index in [4.69, 9.17) is 23.2 Å². The zero-order valence-corrected chi connectivity index (χ0v) is 15.7. The van der Waals surface area contributed by atoms with Gasteiger partial charge in [-0.3, -0.25) is 0 Å². The van der Waals surface area contributed by atoms with Gasteiger partial charge in [0.2, 0.25) is 0 Å². The van der Waals surface area contributed by atoms with Crippen molar-refractivity contribution in [2.24, 2.45) is 0 Å². The molecule has 3 nitrogen and oxygen atoms in total. The molecular weight excluding hydrogens is 372 g/mol. The van der Waals surface area contributed by atoms with Gasteiger partial charge in [-0.25, -0.2) is 9.37 Å². The van der Waals surface area contributed by atoms with Crippen molar-refractivity contribution in [3.05, 3.63) is 63.6 Å². The maximum atomic E-state index is 13.4. The summed E-state index contributed by atoms with van der Waals surface area (Å²) in [5, 5.41) is 4.93. The average Bonchev–Trinajstić information content (AvgIpc) is 3.03. The fourth-order valence-electron chi connectivity index (χ4n) is 3.79. The first kappa shape index (κ1) is 17.8. The Balaban J connectivity index is 1.43. The third-order valence-electron chi connectivity index (χ3n) is 5.04. The van der Waals surface area contributed by atoms with Gasteiger partial charge >= 0.3 is 0 Å². The molecule has 3 aromatic rings. The van der Waals surface area contributed by atoms with Crippen LogP contribution in [0.4, 0.5) is 4.39 Å². The number of H-pyrrole nitrogens is 1. The van der Waals surface area contributed by atoms with Crippen molar-refractivity contribution in [2.45, 2.75) is 44.2 Å². The lowest BCUT2D eigenvalue weighted by Gasteiger charge is -2.29. The second kappa shape index (κ2) is 7.55. The van der Waals surface area contributed by atoms with Crippen LogP contribution in [0.3, 0.4) is 0 Å². The Bertz CT molecular complexity index is 904. The minimum absolute atomic E-state index is 0.240. The number of aromatic nitrogens is 2. The minimum Gasteiger partial charge on any atom is -0.342 e. The molecular formula is C20H20Cl2FN3. The van der Waals surface area contributed by atoms with Crippen LogP contribution in [0.15, 0.2) is 36.4 Å². The van der Waals surface area contributed by atoms with Crippen LogP contribution in [0.2, 0.25) is 10.0 Å². The Labute approximate surface area is 161 Å². The molecule has 6 heteroatoms. The Morgan fingerprint density at radius 1 is 1.12 bits per heavy atom. The van der Waals surface area contributed by atoms with Crippen molar-refractivity contribution in [3.8, 4) is 0 Å². The van der Waals surface area contributed by atoms with E-state index in [1.807, 2.05) is 12.1 Å². The van der Waals surface area contributed by atoms with Crippen LogP contribution >= 0.6 is 23.2 Å². The first-order valence-electron chi connectivity index (χ1n) is 8.90. The Hall–Kier alpha value is -1.62. The molecule has 0 bridgehead atoms. The summed E-state index contributed by atoms with van der Waals surface area (Å²) in [6.45, 7) is 0.739. The third kappa shape index (κ3) is 4.03. The summed E-state index contributed by atoms with van der Waals surface area (Å²) in [6, 6.07) is 10.7. The molecule has 4 rings (SSSR count). The van der Waals surface area contributed by atoms with Gasteiger partial charge < -0.3 is 10.3 Å². The molecule has 2 N–H and O–H groups in total. The second-order valence-electron chi connectivity index (χ2n) is 7.00. The first-order chi connectivity index (χ1) is 12.6. The molecule has 1 aromatic heterocycles. The summed E-state index contributed by atoms with van der Waals surface area (Å²) in [5.74, 6) is 1.08. The summed E-state index contributed by atoms with van der Waals surface area (Å²) in [6.07, 6.45) is 4.39. The fourth-order valence-corrected chi connectivity index (χ4v) is 4.36. The van der Waals surface area contributed by atoms with E-state index in [-0.39, 0.29) is 5.82 Å². The van der Waals surface area contributed by atoms with Gasteiger partial charge in [-0.2, -0.15) is 0 Å². The number of halogens is 3. The molecule has 1 saturated carbocycles. The highest BCUT2D eigenvalue weighted by molar-refractivity contribution is 6.34. The van der Waals surface area contributed by atoms with E-state index in [2.05, 4.69) is 15.3 Å². The molecule has 0 spiro atoms. The van der Waals surface area contributed by atoms with Crippen LogP contribution in [0.5, 0.6) is 0 Å². The van der Waals surface area contributed by atoms with Crippen molar-refractivity contribution in [2.75, 3.05) is 0 Å². The average molecular weight is 392 g/mol. The Morgan fingerprint density at radius 3 is 2.73 bits per heavy atom. The van der Waals surface area contributed by atoms with E-state index in [0.29, 0.717) is 22.0 Å². The van der Waals surface area contributed by atoms with Gasteiger partial charge in [0.05, 0.1) is 11.0 Å². The molecule has 1 heterocycles. The van der Waals surface area contributed by atoms with Crippen molar-refractivity contribution < 1.29 is 4.39 Å². The normalized spacial score (nSPS) is 20.6. The van der Waals surface area contributed by atoms with Crippen LogP contribution in [0, 0.1) is 5.82 Å². The summed E-state index contributed by atoms with van der Waals surface area (Å²) in [7, 11) is 0. The molecule has 1 aliphatic carbocycles. The molecule has 1 aliphatic rings. The lowest BCUT2D eigenvalue weighted by atomic mass is 9.85. The number of imidazole rings is 1. The van der Waals surface area contributed by atoms with Crippen molar-refractivity contribution in [1.82, 2.24) is 15.3 Å². The van der Waals surface area contributed by atoms with Crippen LogP contribution in [-0.4, -0.2) is 16.0 Å². The Kier molecular flexibility index (Phi) is 5.16. The maximum absolute atomic E-state index is 13.4. The number of rotatable bonds is 4. The molecule has 2 aromatic carbocycles. The quantitative estimate of drug-likeness (QED) is 0.587. The molecule has 2 unspecified atom stereocenters. The van der Waals surface area contributed by atoms with Gasteiger partial charge in [-0.1, -0.05) is 29.6 Å². The predicted octanol–water partition coefficient (Wildman–Crippen LogP) is 5.82. The highest BCUT2D eigenvalue weighted by Gasteiger charge is 2.25. The number of hydrogen-bond donors (Lipinski definition) is 2. The third-order valence-corrected chi connectivity index (χ3v) is 5.48. The molecule has 0 aliphatic heterocycles. The van der Waals surface area contributed by atoms with E-state index < -0.39 is 0 Å². The number of nitrogens with zero attached hydrogens (tertiary/aromatic N) is 1. The molecule has 0 amide bonds. The van der Waals surface area contributed by atoms with Gasteiger partial charge in [0, 0.05) is 28.5 Å². The molecule has 136 valence electrons. The largest absolute Gasteiger partial charge is 0.342 e. The lowest BCUT2D eigenvalue weighted by molar-refractivity contribution is 0.332. The molecule has 0 radical (unpaired) electrons. The summed E-state index contributed by atoms with van der Waals surface area (Å²) in [4.78, 5) is 7.97. The van der Waals surface area contributed by atoms with E-state index in [1.165, 1.54) is 12.1 Å². The maximum Gasteiger partial charge on any atom is 0.125 e. The van der Waals surface area contributed by atoms with Crippen LogP contribution < -0.4 is 5.32 Å². The highest BCUT2D eigenvalue weighted by atomic mass is 35.5. The van der Waals surface area contributed by atoms with Crippen LogP contribution in [0.25, 0.3) is 11.0 Å². The standard InChI is InChI=1S/C20H20Cl2FN3/c21-14-6-12(7-15(22)9-14)11-24-17-3-1-2-13(8-17)20-25-18-5-4-16(23)10-19(18)26-20/h4-7,9-10,13,17,24H,1-3,8,11H2,(H,25,26). The second-order valence-corrected chi connectivity index (χ2v) is 7.88. The van der Waals surface area contributed by atoms with E-state index >= 15 is 0 Å². The zero-order valence-electron chi connectivity index (χ0n) is 14.2. The molecule has 26 heavy (non-hydrogen) atoms. The van der Waals surface area contributed by atoms with Gasteiger partial charge in [0.1, 0.15) is 11.6 Å². The van der Waals surface area contributed by atoms with Crippen LogP contribution in [-0.2, 0) is 6.54 Å². The van der Waals surface area contributed by atoms with Gasteiger partial charge in [0.15, 0.2) is 0 Å². The van der Waals surface area contributed by atoms with Gasteiger partial charge in [-0.05, 0) is 61.2 Å². The first-order valence-corrected chi connectivity index (χ1v) is 9.66. The van der Waals surface area contributed by atoms with Crippen molar-refractivity contribution >= 4 is 34.2 Å². The fraction of sp³-hybridized carbons (Fsp3) is 0.350. The Morgan fingerprint density at radius 2 is 1.92 bits per heavy atom. The van der Waals surface area contributed by atoms with E-state index in [0.717, 1.165) is 54.6 Å². The summed E-state index contributed by atoms with van der Waals surface area (Å²) < 4.78 is 13.4.